The van der Waals surface area contributed by atoms with E-state index >= 15 is 0 Å². The van der Waals surface area contributed by atoms with Gasteiger partial charge in [0.1, 0.15) is 18.1 Å². The molecule has 0 aromatic carbocycles. The molecule has 0 spiro atoms. The van der Waals surface area contributed by atoms with E-state index in [1.165, 1.54) is 6.92 Å². The Kier molecular flexibility index (Phi) is 10.4. The van der Waals surface area contributed by atoms with Gasteiger partial charge >= 0.3 is 5.97 Å². The van der Waals surface area contributed by atoms with Gasteiger partial charge in [-0.25, -0.2) is 4.79 Å². The number of hydrogen-bond acceptors (Lipinski definition) is 8. The van der Waals surface area contributed by atoms with Gasteiger partial charge in [-0.15, -0.1) is 0 Å². The van der Waals surface area contributed by atoms with Crippen molar-refractivity contribution in [2.75, 3.05) is 18.1 Å². The summed E-state index contributed by atoms with van der Waals surface area (Å²) in [4.78, 5) is 46.3. The highest BCUT2D eigenvalue weighted by Crippen LogP contribution is 1.98. The van der Waals surface area contributed by atoms with E-state index in [4.69, 9.17) is 10.8 Å². The summed E-state index contributed by atoms with van der Waals surface area (Å²) in [6.45, 7) is 0.896. The van der Waals surface area contributed by atoms with Crippen LogP contribution in [0.5, 0.6) is 0 Å². The van der Waals surface area contributed by atoms with Gasteiger partial charge in [-0.05, 0) is 6.92 Å². The predicted molar refractivity (Wildman–Crippen MR) is 91.9 cm³/mol. The highest BCUT2D eigenvalue weighted by atomic mass is 32.1. The minimum Gasteiger partial charge on any atom is -0.480 e. The minimum absolute atomic E-state index is 0.131. The topological polar surface area (TPSA) is 171 Å². The number of aliphatic carboxylic acids is 1. The maximum atomic E-state index is 12.1. The molecule has 4 unspecified atom stereocenters. The molecule has 12 heteroatoms. The quantitative estimate of drug-likeness (QED) is 0.183. The van der Waals surface area contributed by atoms with Crippen LogP contribution >= 0.6 is 25.3 Å². The maximum absolute atomic E-state index is 12.1. The monoisotopic (exact) mass is 382 g/mol. The Morgan fingerprint density at radius 1 is 1.00 bits per heavy atom. The molecule has 0 aliphatic rings. The number of carboxylic acid groups (broad SMARTS) is 1. The first-order chi connectivity index (χ1) is 11.2. The average Bonchev–Trinajstić information content (AvgIpc) is 2.53. The lowest BCUT2D eigenvalue weighted by molar-refractivity contribution is -0.141. The van der Waals surface area contributed by atoms with Crippen LogP contribution in [0.15, 0.2) is 0 Å². The fourth-order valence-corrected chi connectivity index (χ4v) is 2.06. The van der Waals surface area contributed by atoms with Crippen LogP contribution in [0.3, 0.4) is 0 Å². The van der Waals surface area contributed by atoms with Crippen LogP contribution in [-0.4, -0.2) is 76.2 Å². The minimum atomic E-state index is -1.32. The summed E-state index contributed by atoms with van der Waals surface area (Å²) in [7, 11) is 0. The van der Waals surface area contributed by atoms with Crippen molar-refractivity contribution in [3.8, 4) is 0 Å². The van der Waals surface area contributed by atoms with Crippen molar-refractivity contribution < 1.29 is 29.4 Å². The Hall–Kier alpha value is -1.50. The third-order valence-corrected chi connectivity index (χ3v) is 3.61. The predicted octanol–water partition coefficient (Wildman–Crippen LogP) is -3.28. The van der Waals surface area contributed by atoms with Crippen LogP contribution < -0.4 is 21.7 Å². The van der Waals surface area contributed by atoms with Crippen LogP contribution in [0.2, 0.25) is 0 Å². The standard InChI is InChI=1S/C12H22N4O6S2/c1-5(17)9(16-8(18)2-13)11(20)14-6(3-23)10(19)15-7(4-24)12(21)22/h5-7,9,17,23-24H,2-4,13H2,1H3,(H,14,20)(H,15,19)(H,16,18)(H,21,22). The highest BCUT2D eigenvalue weighted by Gasteiger charge is 2.30. The zero-order valence-electron chi connectivity index (χ0n) is 12.9. The molecule has 0 fully saturated rings. The number of hydrogen-bond donors (Lipinski definition) is 8. The smallest absolute Gasteiger partial charge is 0.327 e. The van der Waals surface area contributed by atoms with E-state index in [-0.39, 0.29) is 18.1 Å². The average molecular weight is 382 g/mol. The number of rotatable bonds is 10. The van der Waals surface area contributed by atoms with E-state index in [1.807, 2.05) is 0 Å². The van der Waals surface area contributed by atoms with Crippen molar-refractivity contribution in [2.24, 2.45) is 5.73 Å². The largest absolute Gasteiger partial charge is 0.480 e. The highest BCUT2D eigenvalue weighted by molar-refractivity contribution is 7.80. The molecular formula is C12H22N4O6S2. The van der Waals surface area contributed by atoms with Crippen molar-refractivity contribution in [3.05, 3.63) is 0 Å². The van der Waals surface area contributed by atoms with Gasteiger partial charge in [-0.2, -0.15) is 25.3 Å². The number of thiol groups is 2. The molecule has 0 rings (SSSR count). The van der Waals surface area contributed by atoms with E-state index in [0.717, 1.165) is 0 Å². The van der Waals surface area contributed by atoms with Crippen molar-refractivity contribution >= 4 is 48.9 Å². The van der Waals surface area contributed by atoms with E-state index in [2.05, 4.69) is 41.2 Å². The van der Waals surface area contributed by atoms with E-state index in [1.54, 1.807) is 0 Å². The molecule has 4 atom stereocenters. The number of nitrogens with two attached hydrogens (primary N) is 1. The van der Waals surface area contributed by atoms with E-state index < -0.39 is 47.9 Å². The first kappa shape index (κ1) is 22.5. The number of amides is 3. The Balaban J connectivity index is 4.94. The summed E-state index contributed by atoms with van der Waals surface area (Å²) >= 11 is 7.74. The van der Waals surface area contributed by atoms with Crippen molar-refractivity contribution in [1.82, 2.24) is 16.0 Å². The zero-order chi connectivity index (χ0) is 18.9. The lowest BCUT2D eigenvalue weighted by atomic mass is 10.1. The number of carbonyl (C=O) groups is 4. The van der Waals surface area contributed by atoms with Gasteiger partial charge < -0.3 is 31.9 Å². The molecule has 7 N–H and O–H groups in total. The van der Waals surface area contributed by atoms with Gasteiger partial charge in [0.25, 0.3) is 0 Å². The number of carbonyl (C=O) groups excluding carboxylic acids is 3. The normalized spacial score (nSPS) is 15.5. The summed E-state index contributed by atoms with van der Waals surface area (Å²) in [5, 5.41) is 25.2. The first-order valence-electron chi connectivity index (χ1n) is 6.90. The number of carboxylic acids is 1. The fraction of sp³-hybridized carbons (Fsp3) is 0.667. The Bertz CT molecular complexity index is 476. The van der Waals surface area contributed by atoms with Gasteiger partial charge in [0, 0.05) is 11.5 Å². The second-order valence-electron chi connectivity index (χ2n) is 4.82. The maximum Gasteiger partial charge on any atom is 0.327 e. The zero-order valence-corrected chi connectivity index (χ0v) is 14.7. The molecule has 0 heterocycles. The molecule has 3 amide bonds. The molecule has 138 valence electrons. The fourth-order valence-electron chi connectivity index (χ4n) is 1.55. The van der Waals surface area contributed by atoms with Gasteiger partial charge in [0.05, 0.1) is 12.6 Å². The van der Waals surface area contributed by atoms with E-state index in [9.17, 15) is 24.3 Å². The molecule has 0 aliphatic heterocycles. The molecule has 0 aromatic rings. The Morgan fingerprint density at radius 3 is 1.88 bits per heavy atom. The Labute approximate surface area is 149 Å². The molecular weight excluding hydrogens is 360 g/mol. The summed E-state index contributed by atoms with van der Waals surface area (Å²) in [5.74, 6) is -3.83. The third-order valence-electron chi connectivity index (χ3n) is 2.88. The van der Waals surface area contributed by atoms with Crippen LogP contribution in [0.25, 0.3) is 0 Å². The molecule has 0 aliphatic carbocycles. The van der Waals surface area contributed by atoms with Gasteiger partial charge in [0.2, 0.25) is 17.7 Å². The van der Waals surface area contributed by atoms with Crippen molar-refractivity contribution in [2.45, 2.75) is 31.2 Å². The number of nitrogens with one attached hydrogen (secondary N) is 3. The van der Waals surface area contributed by atoms with Gasteiger partial charge in [0.15, 0.2) is 0 Å². The number of aliphatic hydroxyl groups is 1. The summed E-state index contributed by atoms with van der Waals surface area (Å²) in [6.07, 6.45) is -1.24. The Morgan fingerprint density at radius 2 is 1.50 bits per heavy atom. The second-order valence-corrected chi connectivity index (χ2v) is 5.55. The molecule has 24 heavy (non-hydrogen) atoms. The van der Waals surface area contributed by atoms with Crippen molar-refractivity contribution in [1.29, 1.82) is 0 Å². The third kappa shape index (κ3) is 7.38. The summed E-state index contributed by atoms with van der Waals surface area (Å²) in [5.41, 5.74) is 5.13. The SMILES string of the molecule is CC(O)C(NC(=O)CN)C(=O)NC(CS)C(=O)NC(CS)C(=O)O. The summed E-state index contributed by atoms with van der Waals surface area (Å²) < 4.78 is 0. The van der Waals surface area contributed by atoms with Crippen molar-refractivity contribution in [3.63, 3.8) is 0 Å². The molecule has 0 radical (unpaired) electrons. The van der Waals surface area contributed by atoms with Gasteiger partial charge in [-0.1, -0.05) is 0 Å². The van der Waals surface area contributed by atoms with Gasteiger partial charge in [-0.3, -0.25) is 14.4 Å². The second kappa shape index (κ2) is 11.1. The van der Waals surface area contributed by atoms with Crippen LogP contribution in [0.4, 0.5) is 0 Å². The lowest BCUT2D eigenvalue weighted by Crippen LogP contribution is -2.59. The lowest BCUT2D eigenvalue weighted by Gasteiger charge is -2.24. The van der Waals surface area contributed by atoms with E-state index in [0.29, 0.717) is 0 Å². The van der Waals surface area contributed by atoms with Crippen LogP contribution in [-0.2, 0) is 19.2 Å². The summed E-state index contributed by atoms with van der Waals surface area (Å²) in [6, 6.07) is -3.72. The molecule has 0 bridgehead atoms. The molecule has 0 saturated carbocycles. The molecule has 0 aromatic heterocycles. The van der Waals surface area contributed by atoms with Crippen LogP contribution in [0, 0.1) is 0 Å². The first-order valence-corrected chi connectivity index (χ1v) is 8.17. The molecule has 0 saturated heterocycles. The molecule has 10 nitrogen and oxygen atoms in total. The number of aliphatic hydroxyl groups excluding tert-OH is 1. The van der Waals surface area contributed by atoms with Crippen LogP contribution in [0.1, 0.15) is 6.92 Å².